The fourth-order valence-corrected chi connectivity index (χ4v) is 2.84. The molecular weight excluding hydrogens is 146 g/mol. The van der Waals surface area contributed by atoms with E-state index in [1.807, 2.05) is 0 Å². The monoisotopic (exact) mass is 169 g/mol. The molecule has 0 amide bonds. The molecule has 2 atom stereocenters. The molecule has 2 N–H and O–H groups in total. The van der Waals surface area contributed by atoms with Crippen molar-refractivity contribution in [2.75, 3.05) is 0 Å². The summed E-state index contributed by atoms with van der Waals surface area (Å²) >= 11 is 0. The van der Waals surface area contributed by atoms with Crippen molar-refractivity contribution in [3.8, 4) is 0 Å². The molecule has 1 fully saturated rings. The van der Waals surface area contributed by atoms with E-state index in [-0.39, 0.29) is 5.54 Å². The van der Waals surface area contributed by atoms with E-state index in [9.17, 15) is 0 Å². The van der Waals surface area contributed by atoms with Crippen LogP contribution in [0.3, 0.4) is 0 Å². The largest absolute Gasteiger partial charge is 0.325 e. The van der Waals surface area contributed by atoms with E-state index in [1.54, 1.807) is 0 Å². The van der Waals surface area contributed by atoms with Gasteiger partial charge >= 0.3 is 0 Å². The van der Waals surface area contributed by atoms with Gasteiger partial charge in [-0.3, -0.25) is 0 Å². The third kappa shape index (κ3) is 1.82. The van der Waals surface area contributed by atoms with Crippen molar-refractivity contribution < 1.29 is 0 Å². The Kier molecular flexibility index (Phi) is 3.16. The highest BCUT2D eigenvalue weighted by molar-refractivity contribution is 4.96. The summed E-state index contributed by atoms with van der Waals surface area (Å²) in [5.41, 5.74) is 6.60. The minimum absolute atomic E-state index is 0.183. The van der Waals surface area contributed by atoms with Crippen LogP contribution in [0.4, 0.5) is 0 Å². The highest BCUT2D eigenvalue weighted by Crippen LogP contribution is 2.39. The van der Waals surface area contributed by atoms with E-state index >= 15 is 0 Å². The van der Waals surface area contributed by atoms with Crippen LogP contribution in [-0.4, -0.2) is 5.54 Å². The van der Waals surface area contributed by atoms with Gasteiger partial charge in [-0.2, -0.15) is 0 Å². The Balaban J connectivity index is 2.58. The molecule has 12 heavy (non-hydrogen) atoms. The Morgan fingerprint density at radius 1 is 1.42 bits per heavy atom. The lowest BCUT2D eigenvalue weighted by Crippen LogP contribution is -2.44. The molecule has 72 valence electrons. The predicted octanol–water partition coefficient (Wildman–Crippen LogP) is 2.94. The molecule has 0 aromatic heterocycles. The van der Waals surface area contributed by atoms with Gasteiger partial charge in [0, 0.05) is 5.54 Å². The quantitative estimate of drug-likeness (QED) is 0.690. The summed E-state index contributed by atoms with van der Waals surface area (Å²) in [6.45, 7) is 6.87. The van der Waals surface area contributed by atoms with Crippen LogP contribution in [0.15, 0.2) is 0 Å². The first-order chi connectivity index (χ1) is 5.62. The standard InChI is InChI=1S/C11H23N/c1-4-10(5-2)11(12)7-6-9(3)8-11/h9-10H,4-8,12H2,1-3H3. The maximum Gasteiger partial charge on any atom is 0.0185 e. The Morgan fingerprint density at radius 3 is 2.33 bits per heavy atom. The Morgan fingerprint density at radius 2 is 2.00 bits per heavy atom. The van der Waals surface area contributed by atoms with Crippen molar-refractivity contribution in [2.45, 2.75) is 58.4 Å². The summed E-state index contributed by atoms with van der Waals surface area (Å²) in [4.78, 5) is 0. The maximum absolute atomic E-state index is 6.41. The van der Waals surface area contributed by atoms with Crippen molar-refractivity contribution in [1.82, 2.24) is 0 Å². The average Bonchev–Trinajstić information content (AvgIpc) is 2.34. The Bertz CT molecular complexity index is 140. The lowest BCUT2D eigenvalue weighted by Gasteiger charge is -2.33. The van der Waals surface area contributed by atoms with Crippen LogP contribution in [-0.2, 0) is 0 Å². The molecule has 1 rings (SSSR count). The molecule has 0 aliphatic heterocycles. The van der Waals surface area contributed by atoms with Gasteiger partial charge in [0.05, 0.1) is 0 Å². The molecule has 1 saturated carbocycles. The molecule has 0 spiro atoms. The van der Waals surface area contributed by atoms with E-state index < -0.39 is 0 Å². The molecular formula is C11H23N. The molecule has 0 heterocycles. The number of nitrogens with two attached hydrogens (primary N) is 1. The molecule has 1 aliphatic carbocycles. The number of rotatable bonds is 3. The summed E-state index contributed by atoms with van der Waals surface area (Å²) in [5, 5.41) is 0. The summed E-state index contributed by atoms with van der Waals surface area (Å²) in [6, 6.07) is 0. The van der Waals surface area contributed by atoms with Crippen LogP contribution in [0.5, 0.6) is 0 Å². The van der Waals surface area contributed by atoms with Gasteiger partial charge in [-0.05, 0) is 31.1 Å². The molecule has 0 saturated heterocycles. The van der Waals surface area contributed by atoms with Gasteiger partial charge in [-0.1, -0.05) is 33.6 Å². The minimum atomic E-state index is 0.183. The Labute approximate surface area is 76.7 Å². The summed E-state index contributed by atoms with van der Waals surface area (Å²) in [6.07, 6.45) is 6.34. The second-order valence-corrected chi connectivity index (χ2v) is 4.59. The van der Waals surface area contributed by atoms with Crippen LogP contribution in [0.25, 0.3) is 0 Å². The molecule has 0 aromatic carbocycles. The second-order valence-electron chi connectivity index (χ2n) is 4.59. The summed E-state index contributed by atoms with van der Waals surface area (Å²) in [5.74, 6) is 1.61. The van der Waals surface area contributed by atoms with Gasteiger partial charge in [0.25, 0.3) is 0 Å². The second kappa shape index (κ2) is 3.78. The van der Waals surface area contributed by atoms with E-state index in [4.69, 9.17) is 5.73 Å². The van der Waals surface area contributed by atoms with Crippen LogP contribution in [0.1, 0.15) is 52.9 Å². The van der Waals surface area contributed by atoms with Crippen molar-refractivity contribution in [3.63, 3.8) is 0 Å². The van der Waals surface area contributed by atoms with Crippen molar-refractivity contribution in [3.05, 3.63) is 0 Å². The van der Waals surface area contributed by atoms with E-state index in [1.165, 1.54) is 32.1 Å². The van der Waals surface area contributed by atoms with Crippen LogP contribution >= 0.6 is 0 Å². The highest BCUT2D eigenvalue weighted by atomic mass is 14.8. The van der Waals surface area contributed by atoms with E-state index in [2.05, 4.69) is 20.8 Å². The highest BCUT2D eigenvalue weighted by Gasteiger charge is 2.38. The van der Waals surface area contributed by atoms with Crippen LogP contribution in [0.2, 0.25) is 0 Å². The molecule has 0 aromatic rings. The molecule has 1 aliphatic rings. The third-order valence-corrected chi connectivity index (χ3v) is 3.63. The maximum atomic E-state index is 6.41. The number of hydrogen-bond donors (Lipinski definition) is 1. The summed E-state index contributed by atoms with van der Waals surface area (Å²) < 4.78 is 0. The third-order valence-electron chi connectivity index (χ3n) is 3.63. The Hall–Kier alpha value is -0.0400. The topological polar surface area (TPSA) is 26.0 Å². The normalized spacial score (nSPS) is 36.2. The fourth-order valence-electron chi connectivity index (χ4n) is 2.84. The molecule has 2 unspecified atom stereocenters. The van der Waals surface area contributed by atoms with E-state index in [0.29, 0.717) is 0 Å². The van der Waals surface area contributed by atoms with Gasteiger partial charge in [0.15, 0.2) is 0 Å². The van der Waals surface area contributed by atoms with Gasteiger partial charge in [0.1, 0.15) is 0 Å². The van der Waals surface area contributed by atoms with E-state index in [0.717, 1.165) is 11.8 Å². The molecule has 1 nitrogen and oxygen atoms in total. The van der Waals surface area contributed by atoms with Crippen molar-refractivity contribution in [1.29, 1.82) is 0 Å². The van der Waals surface area contributed by atoms with Crippen LogP contribution < -0.4 is 5.73 Å². The SMILES string of the molecule is CCC(CC)C1(N)CCC(C)C1. The minimum Gasteiger partial charge on any atom is -0.325 e. The molecule has 0 radical (unpaired) electrons. The lowest BCUT2D eigenvalue weighted by atomic mass is 9.79. The molecule has 1 heteroatoms. The van der Waals surface area contributed by atoms with Crippen molar-refractivity contribution in [2.24, 2.45) is 17.6 Å². The lowest BCUT2D eigenvalue weighted by molar-refractivity contribution is 0.253. The summed E-state index contributed by atoms with van der Waals surface area (Å²) in [7, 11) is 0. The number of hydrogen-bond acceptors (Lipinski definition) is 1. The van der Waals surface area contributed by atoms with Gasteiger partial charge < -0.3 is 5.73 Å². The molecule has 0 bridgehead atoms. The van der Waals surface area contributed by atoms with Gasteiger partial charge in [-0.25, -0.2) is 0 Å². The zero-order valence-electron chi connectivity index (χ0n) is 8.77. The smallest absolute Gasteiger partial charge is 0.0185 e. The van der Waals surface area contributed by atoms with Gasteiger partial charge in [-0.15, -0.1) is 0 Å². The first-order valence-electron chi connectivity index (χ1n) is 5.41. The first-order valence-corrected chi connectivity index (χ1v) is 5.41. The first kappa shape index (κ1) is 10.0. The zero-order chi connectivity index (χ0) is 9.19. The predicted molar refractivity (Wildman–Crippen MR) is 54.0 cm³/mol. The zero-order valence-corrected chi connectivity index (χ0v) is 8.77. The van der Waals surface area contributed by atoms with Crippen molar-refractivity contribution >= 4 is 0 Å². The fraction of sp³-hybridized carbons (Fsp3) is 1.00. The average molecular weight is 169 g/mol. The van der Waals surface area contributed by atoms with Crippen LogP contribution in [0, 0.1) is 11.8 Å². The van der Waals surface area contributed by atoms with Gasteiger partial charge in [0.2, 0.25) is 0 Å².